The number of aromatic nitrogens is 4. The average molecular weight is 267 g/mol. The molecular formula is C9H7BrN4O. The summed E-state index contributed by atoms with van der Waals surface area (Å²) in [6, 6.07) is 0. The van der Waals surface area contributed by atoms with E-state index < -0.39 is 0 Å². The number of methoxy groups -OCH3 is 1. The van der Waals surface area contributed by atoms with Crippen LogP contribution in [0.1, 0.15) is 0 Å². The van der Waals surface area contributed by atoms with Gasteiger partial charge in [-0.3, -0.25) is 4.98 Å². The number of nitrogens with zero attached hydrogens (tertiary/aromatic N) is 4. The fourth-order valence-electron chi connectivity index (χ4n) is 0.999. The van der Waals surface area contributed by atoms with Crippen LogP contribution in [-0.4, -0.2) is 27.0 Å². The number of hydrogen-bond acceptors (Lipinski definition) is 5. The third-order valence-corrected chi connectivity index (χ3v) is 2.08. The van der Waals surface area contributed by atoms with Gasteiger partial charge in [0.15, 0.2) is 5.82 Å². The topological polar surface area (TPSA) is 60.8 Å². The monoisotopic (exact) mass is 266 g/mol. The van der Waals surface area contributed by atoms with Crippen LogP contribution in [0.2, 0.25) is 0 Å². The van der Waals surface area contributed by atoms with Gasteiger partial charge in [-0.2, -0.15) is 0 Å². The van der Waals surface area contributed by atoms with Crippen LogP contribution in [0.5, 0.6) is 5.88 Å². The quantitative estimate of drug-likeness (QED) is 0.828. The normalized spacial score (nSPS) is 10.0. The van der Waals surface area contributed by atoms with Crippen molar-refractivity contribution in [3.05, 3.63) is 29.3 Å². The first-order chi connectivity index (χ1) is 7.29. The van der Waals surface area contributed by atoms with Crippen molar-refractivity contribution < 1.29 is 4.74 Å². The average Bonchev–Trinajstić information content (AvgIpc) is 2.30. The zero-order valence-electron chi connectivity index (χ0n) is 7.88. The van der Waals surface area contributed by atoms with Gasteiger partial charge in [-0.15, -0.1) is 0 Å². The maximum Gasteiger partial charge on any atom is 0.232 e. The van der Waals surface area contributed by atoms with Crippen molar-refractivity contribution in [2.45, 2.75) is 0 Å². The predicted molar refractivity (Wildman–Crippen MR) is 57.3 cm³/mol. The summed E-state index contributed by atoms with van der Waals surface area (Å²) in [5, 5.41) is 0. The number of hydrogen-bond donors (Lipinski definition) is 0. The Bertz CT molecular complexity index is 460. The van der Waals surface area contributed by atoms with Gasteiger partial charge in [0.2, 0.25) is 5.88 Å². The number of halogens is 1. The van der Waals surface area contributed by atoms with E-state index in [0.717, 1.165) is 4.47 Å². The van der Waals surface area contributed by atoms with Crippen LogP contribution in [0.25, 0.3) is 11.5 Å². The van der Waals surface area contributed by atoms with Crippen molar-refractivity contribution in [2.24, 2.45) is 0 Å². The summed E-state index contributed by atoms with van der Waals surface area (Å²) in [5.74, 6) is 0.962. The van der Waals surface area contributed by atoms with Crippen LogP contribution < -0.4 is 4.74 Å². The van der Waals surface area contributed by atoms with Crippen LogP contribution in [0.4, 0.5) is 0 Å². The smallest absolute Gasteiger partial charge is 0.232 e. The molecule has 15 heavy (non-hydrogen) atoms. The summed E-state index contributed by atoms with van der Waals surface area (Å²) in [4.78, 5) is 16.4. The molecule has 0 spiro atoms. The van der Waals surface area contributed by atoms with Crippen LogP contribution in [0, 0.1) is 0 Å². The summed E-state index contributed by atoms with van der Waals surface area (Å²) in [6.45, 7) is 0. The van der Waals surface area contributed by atoms with Gasteiger partial charge in [-0.25, -0.2) is 15.0 Å². The molecule has 2 aromatic heterocycles. The highest BCUT2D eigenvalue weighted by atomic mass is 79.9. The van der Waals surface area contributed by atoms with Crippen LogP contribution in [0.3, 0.4) is 0 Å². The SMILES string of the molecule is COc1cncc(-c2ncc(Br)cn2)n1. The highest BCUT2D eigenvalue weighted by molar-refractivity contribution is 9.10. The molecule has 2 heterocycles. The second-order valence-corrected chi connectivity index (χ2v) is 3.59. The fraction of sp³-hybridized carbons (Fsp3) is 0.111. The molecule has 0 fully saturated rings. The minimum Gasteiger partial charge on any atom is -0.480 e. The Balaban J connectivity index is 2.40. The van der Waals surface area contributed by atoms with E-state index in [9.17, 15) is 0 Å². The van der Waals surface area contributed by atoms with Gasteiger partial charge in [-0.1, -0.05) is 0 Å². The van der Waals surface area contributed by atoms with Crippen LogP contribution in [0.15, 0.2) is 29.3 Å². The third-order valence-electron chi connectivity index (χ3n) is 1.67. The van der Waals surface area contributed by atoms with E-state index in [2.05, 4.69) is 35.9 Å². The molecule has 0 unspecified atom stereocenters. The molecule has 0 atom stereocenters. The molecule has 0 aromatic carbocycles. The molecule has 0 aliphatic rings. The summed E-state index contributed by atoms with van der Waals surface area (Å²) >= 11 is 3.26. The van der Waals surface area contributed by atoms with Crippen molar-refractivity contribution in [1.29, 1.82) is 0 Å². The second kappa shape index (κ2) is 4.31. The lowest BCUT2D eigenvalue weighted by Crippen LogP contribution is -1.95. The van der Waals surface area contributed by atoms with Gasteiger partial charge >= 0.3 is 0 Å². The minimum atomic E-state index is 0.444. The van der Waals surface area contributed by atoms with E-state index >= 15 is 0 Å². The molecule has 0 aliphatic carbocycles. The Labute approximate surface area is 94.7 Å². The molecule has 0 aliphatic heterocycles. The van der Waals surface area contributed by atoms with Crippen molar-refractivity contribution >= 4 is 15.9 Å². The zero-order valence-corrected chi connectivity index (χ0v) is 9.47. The van der Waals surface area contributed by atoms with E-state index in [1.54, 1.807) is 18.6 Å². The largest absolute Gasteiger partial charge is 0.480 e. The lowest BCUT2D eigenvalue weighted by Gasteiger charge is -2.00. The van der Waals surface area contributed by atoms with Gasteiger partial charge in [-0.05, 0) is 15.9 Å². The Morgan fingerprint density at radius 2 is 1.87 bits per heavy atom. The Morgan fingerprint density at radius 1 is 1.13 bits per heavy atom. The maximum absolute atomic E-state index is 4.96. The van der Waals surface area contributed by atoms with Gasteiger partial charge < -0.3 is 4.74 Å². The van der Waals surface area contributed by atoms with Crippen molar-refractivity contribution in [2.75, 3.05) is 7.11 Å². The lowest BCUT2D eigenvalue weighted by molar-refractivity contribution is 0.396. The summed E-state index contributed by atoms with van der Waals surface area (Å²) < 4.78 is 5.78. The number of ether oxygens (including phenoxy) is 1. The van der Waals surface area contributed by atoms with Gasteiger partial charge in [0.25, 0.3) is 0 Å². The second-order valence-electron chi connectivity index (χ2n) is 2.67. The molecular weight excluding hydrogens is 260 g/mol. The maximum atomic E-state index is 4.96. The third kappa shape index (κ3) is 2.27. The first kappa shape index (κ1) is 9.97. The molecule has 76 valence electrons. The van der Waals surface area contributed by atoms with Gasteiger partial charge in [0, 0.05) is 12.4 Å². The molecule has 0 saturated heterocycles. The molecule has 6 heteroatoms. The molecule has 2 rings (SSSR count). The summed E-state index contributed by atoms with van der Waals surface area (Å²) in [5.41, 5.74) is 0.585. The molecule has 0 bridgehead atoms. The molecule has 0 saturated carbocycles. The van der Waals surface area contributed by atoms with E-state index in [1.807, 2.05) is 0 Å². The van der Waals surface area contributed by atoms with E-state index in [0.29, 0.717) is 17.4 Å². The van der Waals surface area contributed by atoms with E-state index in [1.165, 1.54) is 13.3 Å². The molecule has 5 nitrogen and oxygen atoms in total. The molecule has 0 amide bonds. The first-order valence-electron chi connectivity index (χ1n) is 4.13. The highest BCUT2D eigenvalue weighted by Crippen LogP contribution is 2.15. The van der Waals surface area contributed by atoms with Gasteiger partial charge in [0.1, 0.15) is 5.69 Å². The van der Waals surface area contributed by atoms with Gasteiger partial charge in [0.05, 0.1) is 24.0 Å². The van der Waals surface area contributed by atoms with Crippen molar-refractivity contribution in [3.63, 3.8) is 0 Å². The Hall–Kier alpha value is -1.56. The van der Waals surface area contributed by atoms with Crippen molar-refractivity contribution in [1.82, 2.24) is 19.9 Å². The fourth-order valence-corrected chi connectivity index (χ4v) is 1.20. The van der Waals surface area contributed by atoms with E-state index in [-0.39, 0.29) is 0 Å². The summed E-state index contributed by atoms with van der Waals surface area (Å²) in [6.07, 6.45) is 6.43. The first-order valence-corrected chi connectivity index (χ1v) is 4.93. The highest BCUT2D eigenvalue weighted by Gasteiger charge is 2.04. The van der Waals surface area contributed by atoms with E-state index in [4.69, 9.17) is 4.74 Å². The number of rotatable bonds is 2. The van der Waals surface area contributed by atoms with Crippen LogP contribution >= 0.6 is 15.9 Å². The molecule has 0 N–H and O–H groups in total. The minimum absolute atomic E-state index is 0.444. The van der Waals surface area contributed by atoms with Crippen LogP contribution in [-0.2, 0) is 0 Å². The predicted octanol–water partition coefficient (Wildman–Crippen LogP) is 1.70. The molecule has 2 aromatic rings. The van der Waals surface area contributed by atoms with Crippen molar-refractivity contribution in [3.8, 4) is 17.4 Å². The Morgan fingerprint density at radius 3 is 2.53 bits per heavy atom. The summed E-state index contributed by atoms with van der Waals surface area (Å²) in [7, 11) is 1.54. The molecule has 0 radical (unpaired) electrons. The standard InChI is InChI=1S/C9H7BrN4O/c1-15-8-5-11-4-7(14-8)9-12-2-6(10)3-13-9/h2-5H,1H3. The Kier molecular flexibility index (Phi) is 2.86. The lowest BCUT2D eigenvalue weighted by atomic mass is 10.4. The zero-order chi connectivity index (χ0) is 10.7.